The van der Waals surface area contributed by atoms with E-state index in [0.717, 1.165) is 52.0 Å². The summed E-state index contributed by atoms with van der Waals surface area (Å²) in [6.45, 7) is 21.7. The molecule has 9 nitrogen and oxygen atoms in total. The molecular formula is C39H64N2O7. The summed E-state index contributed by atoms with van der Waals surface area (Å²) in [5.41, 5.74) is -0.903. The highest BCUT2D eigenvalue weighted by molar-refractivity contribution is 5.66. The number of hydrogen-bond donors (Lipinski definition) is 3. The fraction of sp³-hybridized carbons (Fsp3) is 0.974. The minimum atomic E-state index is -1.25. The van der Waals surface area contributed by atoms with Crippen LogP contribution in [-0.2, 0) is 23.7 Å². The van der Waals surface area contributed by atoms with Crippen molar-refractivity contribution in [2.75, 3.05) is 32.8 Å². The lowest BCUT2D eigenvalue weighted by molar-refractivity contribution is -0.251. The first kappa shape index (κ1) is 34.3. The lowest BCUT2D eigenvalue weighted by atomic mass is 9.41. The van der Waals surface area contributed by atoms with Crippen LogP contribution < -0.4 is 5.32 Å². The Balaban J connectivity index is 1.03. The van der Waals surface area contributed by atoms with E-state index >= 15 is 0 Å². The van der Waals surface area contributed by atoms with Gasteiger partial charge in [-0.2, -0.15) is 0 Å². The molecule has 3 saturated heterocycles. The Kier molecular flexibility index (Phi) is 7.93. The number of morpholine rings is 1. The molecule has 0 aromatic heterocycles. The van der Waals surface area contributed by atoms with E-state index in [1.54, 1.807) is 13.8 Å². The third-order valence-electron chi connectivity index (χ3n) is 16.8. The maximum atomic E-state index is 12.6. The molecule has 7 unspecified atom stereocenters. The predicted octanol–water partition coefficient (Wildman–Crippen LogP) is 4.52. The van der Waals surface area contributed by atoms with Crippen LogP contribution in [0.15, 0.2) is 0 Å². The van der Waals surface area contributed by atoms with Crippen molar-refractivity contribution >= 4 is 5.97 Å². The van der Waals surface area contributed by atoms with Gasteiger partial charge < -0.3 is 34.5 Å². The Morgan fingerprint density at radius 1 is 1.04 bits per heavy atom. The normalized spacial score (nSPS) is 52.1. The predicted molar refractivity (Wildman–Crippen MR) is 181 cm³/mol. The summed E-state index contributed by atoms with van der Waals surface area (Å²) in [6.07, 6.45) is 6.87. The molecule has 0 radical (unpaired) electrons. The van der Waals surface area contributed by atoms with Crippen molar-refractivity contribution in [3.63, 3.8) is 0 Å². The van der Waals surface area contributed by atoms with Crippen LogP contribution in [0.4, 0.5) is 0 Å². The largest absolute Gasteiger partial charge is 0.457 e. The van der Waals surface area contributed by atoms with E-state index < -0.39 is 29.9 Å². The van der Waals surface area contributed by atoms with Gasteiger partial charge in [-0.3, -0.25) is 9.69 Å². The molecule has 5 saturated carbocycles. The third kappa shape index (κ3) is 4.55. The van der Waals surface area contributed by atoms with Gasteiger partial charge in [0, 0.05) is 44.6 Å². The molecule has 48 heavy (non-hydrogen) atoms. The summed E-state index contributed by atoms with van der Waals surface area (Å²) < 4.78 is 25.7. The molecular weight excluding hydrogens is 608 g/mol. The molecule has 0 bridgehead atoms. The van der Waals surface area contributed by atoms with Gasteiger partial charge in [0.25, 0.3) is 0 Å². The number of nitrogens with one attached hydrogen (secondary N) is 1. The standard InChI is InChI=1S/C39H64N2O7/c1-22-17-25(33(35(5,6)44)46-23(2)42)47-31-30(22)36(7)13-14-39-21-38(39)12-11-28(48-29-20-41(15-16-45-29)24-18-40-19-24)34(3,4)26(38)9-10-27(39)37(36,8)32(31)43/h22,24-33,40,43-44H,9-21H2,1-8H3/t22?,25?,26-,27-,28?,29?,30?,31?,32-,33-,36+,37+,38+,39?/m0/s1. The van der Waals surface area contributed by atoms with Crippen molar-refractivity contribution < 1.29 is 34.0 Å². The second-order valence-electron chi connectivity index (χ2n) is 19.5. The molecule has 3 aliphatic heterocycles. The third-order valence-corrected chi connectivity index (χ3v) is 16.8. The van der Waals surface area contributed by atoms with Gasteiger partial charge in [0.05, 0.1) is 36.6 Å². The lowest BCUT2D eigenvalue weighted by Gasteiger charge is -2.64. The number of ether oxygens (including phenoxy) is 4. The average molecular weight is 673 g/mol. The molecule has 3 heterocycles. The van der Waals surface area contributed by atoms with Gasteiger partial charge in [-0.15, -0.1) is 0 Å². The summed E-state index contributed by atoms with van der Waals surface area (Å²) in [5.74, 6) is 1.15. The van der Waals surface area contributed by atoms with Crippen LogP contribution in [0.1, 0.15) is 107 Å². The van der Waals surface area contributed by atoms with E-state index in [1.165, 1.54) is 32.6 Å². The van der Waals surface area contributed by atoms with Crippen LogP contribution >= 0.6 is 0 Å². The Bertz CT molecular complexity index is 1280. The Morgan fingerprint density at radius 3 is 2.42 bits per heavy atom. The van der Waals surface area contributed by atoms with Crippen molar-refractivity contribution in [1.82, 2.24) is 10.2 Å². The van der Waals surface area contributed by atoms with Crippen LogP contribution in [0.3, 0.4) is 0 Å². The minimum absolute atomic E-state index is 0.0460. The molecule has 14 atom stereocenters. The number of nitrogens with zero attached hydrogens (tertiary/aromatic N) is 1. The van der Waals surface area contributed by atoms with E-state index in [2.05, 4.69) is 44.8 Å². The summed E-state index contributed by atoms with van der Waals surface area (Å²) >= 11 is 0. The maximum Gasteiger partial charge on any atom is 0.303 e. The van der Waals surface area contributed by atoms with Crippen LogP contribution in [0.5, 0.6) is 0 Å². The molecule has 0 aromatic rings. The maximum absolute atomic E-state index is 12.6. The number of aliphatic hydroxyl groups is 2. The van der Waals surface area contributed by atoms with Gasteiger partial charge in [-0.1, -0.05) is 34.6 Å². The first-order valence-electron chi connectivity index (χ1n) is 19.4. The molecule has 0 amide bonds. The number of aliphatic hydroxyl groups excluding tert-OH is 1. The summed E-state index contributed by atoms with van der Waals surface area (Å²) in [6, 6.07) is 0.619. The van der Waals surface area contributed by atoms with Gasteiger partial charge >= 0.3 is 5.97 Å². The fourth-order valence-corrected chi connectivity index (χ4v) is 14.4. The van der Waals surface area contributed by atoms with E-state index in [9.17, 15) is 15.0 Å². The SMILES string of the molecule is CC(=O)O[C@@H](C1CC(C)C2C(O1)[C@H](O)[C@@]1(C)[C@@H]3CC[C@H]4C(C)(C)C(OC5CN(C6CNC6)CCO5)CC[C@@]45CC35CC[C@]21C)C(C)(C)O. The smallest absolute Gasteiger partial charge is 0.303 e. The molecule has 9 heteroatoms. The van der Waals surface area contributed by atoms with Crippen LogP contribution in [0.2, 0.25) is 0 Å². The molecule has 3 N–H and O–H groups in total. The number of carbonyl (C=O) groups is 1. The Labute approximate surface area is 288 Å². The van der Waals surface area contributed by atoms with E-state index in [1.807, 2.05) is 0 Å². The number of hydrogen-bond acceptors (Lipinski definition) is 9. The van der Waals surface area contributed by atoms with Crippen molar-refractivity contribution in [1.29, 1.82) is 0 Å². The summed E-state index contributed by atoms with van der Waals surface area (Å²) in [5, 5.41) is 27.0. The minimum Gasteiger partial charge on any atom is -0.457 e. The van der Waals surface area contributed by atoms with Crippen LogP contribution in [-0.4, -0.2) is 102 Å². The first-order chi connectivity index (χ1) is 22.5. The lowest BCUT2D eigenvalue weighted by Crippen LogP contribution is -2.62. The summed E-state index contributed by atoms with van der Waals surface area (Å²) in [4.78, 5) is 14.7. The van der Waals surface area contributed by atoms with E-state index in [-0.39, 0.29) is 52.0 Å². The number of fused-ring (bicyclic) bond motifs is 4. The highest BCUT2D eigenvalue weighted by Gasteiger charge is 2.84. The zero-order valence-corrected chi connectivity index (χ0v) is 30.9. The van der Waals surface area contributed by atoms with Gasteiger partial charge in [0.1, 0.15) is 0 Å². The second-order valence-corrected chi connectivity index (χ2v) is 19.5. The van der Waals surface area contributed by atoms with E-state index in [4.69, 9.17) is 18.9 Å². The number of esters is 1. The molecule has 8 aliphatic rings. The van der Waals surface area contributed by atoms with Crippen molar-refractivity contribution in [3.05, 3.63) is 0 Å². The topological polar surface area (TPSA) is 110 Å². The number of carbonyl (C=O) groups excluding carboxylic acids is 1. The fourth-order valence-electron chi connectivity index (χ4n) is 14.4. The van der Waals surface area contributed by atoms with Gasteiger partial charge in [0.15, 0.2) is 12.4 Å². The van der Waals surface area contributed by atoms with Gasteiger partial charge in [-0.05, 0) is 111 Å². The highest BCUT2D eigenvalue weighted by Crippen LogP contribution is 2.89. The zero-order valence-electron chi connectivity index (χ0n) is 30.9. The Hall–Kier alpha value is -0.810. The molecule has 272 valence electrons. The van der Waals surface area contributed by atoms with Crippen LogP contribution in [0, 0.1) is 50.7 Å². The summed E-state index contributed by atoms with van der Waals surface area (Å²) in [7, 11) is 0. The zero-order chi connectivity index (χ0) is 34.2. The molecule has 8 fully saturated rings. The van der Waals surface area contributed by atoms with Crippen molar-refractivity contribution in [3.8, 4) is 0 Å². The van der Waals surface area contributed by atoms with Gasteiger partial charge in [-0.25, -0.2) is 0 Å². The average Bonchev–Trinajstić information content (AvgIpc) is 3.61. The number of rotatable bonds is 6. The van der Waals surface area contributed by atoms with Crippen molar-refractivity contribution in [2.45, 2.75) is 155 Å². The van der Waals surface area contributed by atoms with Crippen molar-refractivity contribution in [2.24, 2.45) is 50.7 Å². The van der Waals surface area contributed by atoms with E-state index in [0.29, 0.717) is 29.7 Å². The van der Waals surface area contributed by atoms with Gasteiger partial charge in [0.2, 0.25) is 0 Å². The highest BCUT2D eigenvalue weighted by atomic mass is 16.7. The Morgan fingerprint density at radius 2 is 1.75 bits per heavy atom. The monoisotopic (exact) mass is 672 g/mol. The molecule has 0 aromatic carbocycles. The first-order valence-corrected chi connectivity index (χ1v) is 19.4. The quantitative estimate of drug-likeness (QED) is 0.351. The molecule has 8 rings (SSSR count). The van der Waals surface area contributed by atoms with Crippen LogP contribution in [0.25, 0.3) is 0 Å². The molecule has 5 aliphatic carbocycles. The second kappa shape index (κ2) is 11.1. The molecule has 2 spiro atoms.